The number of rotatable bonds is 5. The van der Waals surface area contributed by atoms with Crippen molar-refractivity contribution in [2.75, 3.05) is 0 Å². The van der Waals surface area contributed by atoms with Gasteiger partial charge < -0.3 is 10.3 Å². The van der Waals surface area contributed by atoms with E-state index in [-0.39, 0.29) is 0 Å². The fraction of sp³-hybridized carbons (Fsp3) is 0.308. The number of hydrogen-bond donors (Lipinski definition) is 1. The molecule has 0 amide bonds. The average Bonchev–Trinajstić information content (AvgIpc) is 2.87. The molecule has 0 aliphatic rings. The Hall–Kier alpha value is -1.84. The highest BCUT2D eigenvalue weighted by molar-refractivity contribution is 7.98. The number of nitrogens with two attached hydrogens (primary N) is 1. The molecule has 1 aromatic carbocycles. The van der Waals surface area contributed by atoms with Crippen molar-refractivity contribution in [3.05, 3.63) is 41.2 Å². The third kappa shape index (κ3) is 3.13. The van der Waals surface area contributed by atoms with Crippen LogP contribution in [0.1, 0.15) is 23.9 Å². The molecule has 2 N–H and O–H groups in total. The maximum atomic E-state index is 8.87. The van der Waals surface area contributed by atoms with Gasteiger partial charge in [0.15, 0.2) is 5.16 Å². The third-order valence-electron chi connectivity index (χ3n) is 2.72. The van der Waals surface area contributed by atoms with E-state index in [0.29, 0.717) is 12.1 Å². The Morgan fingerprint density at radius 3 is 2.95 bits per heavy atom. The molecule has 6 heteroatoms. The number of nitrogens with zero attached hydrogens (tertiary/aromatic N) is 4. The second-order valence-corrected chi connectivity index (χ2v) is 4.89. The van der Waals surface area contributed by atoms with Crippen molar-refractivity contribution in [3.63, 3.8) is 0 Å². The first-order valence-electron chi connectivity index (χ1n) is 6.02. The summed E-state index contributed by atoms with van der Waals surface area (Å²) in [6, 6.07) is 9.73. The zero-order chi connectivity index (χ0) is 13.7. The summed E-state index contributed by atoms with van der Waals surface area (Å²) in [5, 5.41) is 17.9. The lowest BCUT2D eigenvalue weighted by molar-refractivity contribution is 0.643. The number of aromatic nitrogens is 3. The number of thioether (sulfide) groups is 1. The van der Waals surface area contributed by atoms with Crippen molar-refractivity contribution in [3.8, 4) is 6.07 Å². The molecule has 0 aliphatic carbocycles. The van der Waals surface area contributed by atoms with Crippen LogP contribution in [0.4, 0.5) is 0 Å². The normalized spacial score (nSPS) is 10.4. The van der Waals surface area contributed by atoms with Gasteiger partial charge in [-0.1, -0.05) is 23.9 Å². The molecule has 0 saturated heterocycles. The number of nitriles is 1. The van der Waals surface area contributed by atoms with Crippen molar-refractivity contribution in [2.24, 2.45) is 5.73 Å². The van der Waals surface area contributed by atoms with Gasteiger partial charge in [0.05, 0.1) is 18.2 Å². The molecule has 19 heavy (non-hydrogen) atoms. The average molecular weight is 273 g/mol. The summed E-state index contributed by atoms with van der Waals surface area (Å²) in [5.74, 6) is 1.56. The zero-order valence-electron chi connectivity index (χ0n) is 10.7. The number of benzene rings is 1. The Morgan fingerprint density at radius 2 is 2.26 bits per heavy atom. The van der Waals surface area contributed by atoms with Crippen LogP contribution in [-0.4, -0.2) is 14.8 Å². The Balaban J connectivity index is 2.10. The van der Waals surface area contributed by atoms with Gasteiger partial charge in [0.2, 0.25) is 0 Å². The van der Waals surface area contributed by atoms with Crippen LogP contribution in [0.2, 0.25) is 0 Å². The first-order chi connectivity index (χ1) is 9.28. The molecule has 0 bridgehead atoms. The Morgan fingerprint density at radius 1 is 1.42 bits per heavy atom. The van der Waals surface area contributed by atoms with E-state index in [4.69, 9.17) is 11.0 Å². The van der Waals surface area contributed by atoms with Gasteiger partial charge in [-0.15, -0.1) is 10.2 Å². The monoisotopic (exact) mass is 273 g/mol. The maximum Gasteiger partial charge on any atom is 0.191 e. The van der Waals surface area contributed by atoms with E-state index in [0.717, 1.165) is 28.8 Å². The van der Waals surface area contributed by atoms with Crippen LogP contribution in [0, 0.1) is 11.3 Å². The molecule has 0 spiro atoms. The molecule has 0 aliphatic heterocycles. The van der Waals surface area contributed by atoms with Gasteiger partial charge in [-0.2, -0.15) is 5.26 Å². The van der Waals surface area contributed by atoms with E-state index in [9.17, 15) is 0 Å². The summed E-state index contributed by atoms with van der Waals surface area (Å²) in [6.45, 7) is 3.24. The fourth-order valence-corrected chi connectivity index (χ4v) is 2.74. The highest BCUT2D eigenvalue weighted by Crippen LogP contribution is 2.22. The van der Waals surface area contributed by atoms with Gasteiger partial charge in [-0.3, -0.25) is 0 Å². The Labute approximate surface area is 116 Å². The Bertz CT molecular complexity index is 599. The van der Waals surface area contributed by atoms with Crippen LogP contribution in [0.25, 0.3) is 0 Å². The minimum Gasteiger partial charge on any atom is -0.324 e. The van der Waals surface area contributed by atoms with Gasteiger partial charge in [-0.25, -0.2) is 0 Å². The maximum absolute atomic E-state index is 8.87. The molecule has 1 aromatic heterocycles. The van der Waals surface area contributed by atoms with Crippen molar-refractivity contribution < 1.29 is 0 Å². The summed E-state index contributed by atoms with van der Waals surface area (Å²) in [6.07, 6.45) is 0. The van der Waals surface area contributed by atoms with Crippen LogP contribution in [-0.2, 0) is 18.8 Å². The van der Waals surface area contributed by atoms with Gasteiger partial charge >= 0.3 is 0 Å². The second kappa shape index (κ2) is 6.36. The van der Waals surface area contributed by atoms with E-state index in [1.807, 2.05) is 29.7 Å². The minimum absolute atomic E-state index is 0.394. The fourth-order valence-electron chi connectivity index (χ4n) is 1.77. The molecule has 0 saturated carbocycles. The van der Waals surface area contributed by atoms with Gasteiger partial charge in [-0.05, 0) is 24.6 Å². The lowest BCUT2D eigenvalue weighted by Gasteiger charge is -2.06. The summed E-state index contributed by atoms with van der Waals surface area (Å²) in [7, 11) is 0. The van der Waals surface area contributed by atoms with Crippen LogP contribution < -0.4 is 5.73 Å². The number of hydrogen-bond acceptors (Lipinski definition) is 5. The van der Waals surface area contributed by atoms with E-state index >= 15 is 0 Å². The summed E-state index contributed by atoms with van der Waals surface area (Å²) >= 11 is 1.60. The van der Waals surface area contributed by atoms with E-state index in [1.165, 1.54) is 0 Å². The lowest BCUT2D eigenvalue weighted by atomic mass is 10.2. The lowest BCUT2D eigenvalue weighted by Crippen LogP contribution is -2.08. The smallest absolute Gasteiger partial charge is 0.191 e. The highest BCUT2D eigenvalue weighted by atomic mass is 32.2. The van der Waals surface area contributed by atoms with E-state index < -0.39 is 0 Å². The molecule has 0 radical (unpaired) electrons. The molecule has 0 unspecified atom stereocenters. The molecule has 2 rings (SSSR count). The van der Waals surface area contributed by atoms with Gasteiger partial charge in [0.1, 0.15) is 5.82 Å². The van der Waals surface area contributed by atoms with Crippen LogP contribution in [0.5, 0.6) is 0 Å². The molecule has 98 valence electrons. The van der Waals surface area contributed by atoms with Crippen molar-refractivity contribution in [1.82, 2.24) is 14.8 Å². The van der Waals surface area contributed by atoms with Crippen molar-refractivity contribution in [1.29, 1.82) is 5.26 Å². The third-order valence-corrected chi connectivity index (χ3v) is 3.75. The van der Waals surface area contributed by atoms with Crippen LogP contribution in [0.15, 0.2) is 29.4 Å². The van der Waals surface area contributed by atoms with Crippen LogP contribution >= 0.6 is 11.8 Å². The van der Waals surface area contributed by atoms with E-state index in [2.05, 4.69) is 16.3 Å². The predicted octanol–water partition coefficient (Wildman–Crippen LogP) is 1.92. The first-order valence-corrected chi connectivity index (χ1v) is 7.01. The molecular formula is C13H15N5S. The van der Waals surface area contributed by atoms with Gasteiger partial charge in [0, 0.05) is 12.3 Å². The van der Waals surface area contributed by atoms with Crippen molar-refractivity contribution >= 4 is 11.8 Å². The van der Waals surface area contributed by atoms with Crippen molar-refractivity contribution in [2.45, 2.75) is 30.9 Å². The molecule has 1 heterocycles. The first kappa shape index (κ1) is 13.6. The molecule has 0 atom stereocenters. The second-order valence-electron chi connectivity index (χ2n) is 3.95. The van der Waals surface area contributed by atoms with E-state index in [1.54, 1.807) is 17.8 Å². The SMILES string of the molecule is CCn1c(CN)nnc1SCc1cccc(C#N)c1. The predicted molar refractivity (Wildman–Crippen MR) is 74.3 cm³/mol. The highest BCUT2D eigenvalue weighted by Gasteiger charge is 2.09. The summed E-state index contributed by atoms with van der Waals surface area (Å²) in [4.78, 5) is 0. The summed E-state index contributed by atoms with van der Waals surface area (Å²) in [5.41, 5.74) is 7.40. The largest absolute Gasteiger partial charge is 0.324 e. The molecule has 2 aromatic rings. The molecule has 5 nitrogen and oxygen atoms in total. The Kier molecular flexibility index (Phi) is 4.55. The van der Waals surface area contributed by atoms with Crippen LogP contribution in [0.3, 0.4) is 0 Å². The van der Waals surface area contributed by atoms with Gasteiger partial charge in [0.25, 0.3) is 0 Å². The minimum atomic E-state index is 0.394. The molecular weight excluding hydrogens is 258 g/mol. The summed E-state index contributed by atoms with van der Waals surface area (Å²) < 4.78 is 2.01. The quantitative estimate of drug-likeness (QED) is 0.842. The topological polar surface area (TPSA) is 80.5 Å². The molecule has 0 fully saturated rings. The zero-order valence-corrected chi connectivity index (χ0v) is 11.5. The standard InChI is InChI=1S/C13H15N5S/c1-2-18-12(8-15)16-17-13(18)19-9-11-5-3-4-10(6-11)7-14/h3-6H,2,8-9,15H2,1H3.